The second-order valence-electron chi connectivity index (χ2n) is 4.30. The number of nitrogens with zero attached hydrogens (tertiary/aromatic N) is 4. The van der Waals surface area contributed by atoms with Crippen molar-refractivity contribution in [1.29, 1.82) is 0 Å². The van der Waals surface area contributed by atoms with Crippen LogP contribution in [0.3, 0.4) is 0 Å². The highest BCUT2D eigenvalue weighted by molar-refractivity contribution is 6.02. The lowest BCUT2D eigenvalue weighted by Crippen LogP contribution is -1.97. The number of anilines is 1. The Kier molecular flexibility index (Phi) is 1.86. The molecular weight excluding hydrogens is 216 g/mol. The van der Waals surface area contributed by atoms with E-state index >= 15 is 0 Å². The molecule has 0 atom stereocenters. The Hall–Kier alpha value is -2.17. The van der Waals surface area contributed by atoms with Gasteiger partial charge in [-0.15, -0.1) is 0 Å². The molecule has 5 heteroatoms. The lowest BCUT2D eigenvalue weighted by Gasteiger charge is -2.03. The van der Waals surface area contributed by atoms with Gasteiger partial charge in [0.25, 0.3) is 0 Å². The second kappa shape index (κ2) is 3.16. The van der Waals surface area contributed by atoms with Gasteiger partial charge in [0.2, 0.25) is 5.95 Å². The number of hydrogen-bond acceptors (Lipinski definition) is 4. The summed E-state index contributed by atoms with van der Waals surface area (Å²) >= 11 is 0. The van der Waals surface area contributed by atoms with Gasteiger partial charge in [0.05, 0.1) is 16.7 Å². The van der Waals surface area contributed by atoms with Crippen LogP contribution in [0.4, 0.5) is 5.95 Å². The van der Waals surface area contributed by atoms with E-state index in [1.165, 1.54) is 0 Å². The normalized spacial score (nSPS) is 11.5. The molecule has 0 amide bonds. The molecule has 86 valence electrons. The summed E-state index contributed by atoms with van der Waals surface area (Å²) in [6.45, 7) is 3.95. The van der Waals surface area contributed by atoms with Gasteiger partial charge >= 0.3 is 0 Å². The molecule has 3 aromatic rings. The zero-order valence-corrected chi connectivity index (χ0v) is 10.0. The predicted molar refractivity (Wildman–Crippen MR) is 67.7 cm³/mol. The van der Waals surface area contributed by atoms with Gasteiger partial charge in [-0.2, -0.15) is 0 Å². The van der Waals surface area contributed by atoms with Gasteiger partial charge in [-0.25, -0.2) is 9.97 Å². The highest BCUT2D eigenvalue weighted by Gasteiger charge is 2.13. The van der Waals surface area contributed by atoms with Crippen molar-refractivity contribution in [3.8, 4) is 0 Å². The maximum absolute atomic E-state index is 5.85. The summed E-state index contributed by atoms with van der Waals surface area (Å²) in [7, 11) is 1.91. The van der Waals surface area contributed by atoms with Crippen molar-refractivity contribution < 1.29 is 0 Å². The number of aryl methyl sites for hydroxylation is 3. The Labute approximate surface area is 98.3 Å². The fourth-order valence-corrected chi connectivity index (χ4v) is 2.17. The van der Waals surface area contributed by atoms with E-state index in [9.17, 15) is 0 Å². The van der Waals surface area contributed by atoms with Gasteiger partial charge in [0.15, 0.2) is 0 Å². The summed E-state index contributed by atoms with van der Waals surface area (Å²) in [6.07, 6.45) is 1.76. The minimum Gasteiger partial charge on any atom is -0.369 e. The molecule has 2 N–H and O–H groups in total. The fraction of sp³-hybridized carbons (Fsp3) is 0.250. The van der Waals surface area contributed by atoms with Crippen LogP contribution in [0.5, 0.6) is 0 Å². The highest BCUT2D eigenvalue weighted by Crippen LogP contribution is 2.26. The summed E-state index contributed by atoms with van der Waals surface area (Å²) in [4.78, 5) is 13.3. The molecule has 3 rings (SSSR count). The third-order valence-corrected chi connectivity index (χ3v) is 3.00. The van der Waals surface area contributed by atoms with Gasteiger partial charge in [-0.05, 0) is 25.5 Å². The topological polar surface area (TPSA) is 69.6 Å². The standard InChI is InChI=1S/C12H13N5/c1-6-4-8-9(15-7(2)5-14-8)10-11(6)17(3)12(13)16-10/h4-5H,1-3H3,(H2,13,16)/i12+2. The molecule has 17 heavy (non-hydrogen) atoms. The van der Waals surface area contributed by atoms with Crippen LogP contribution >= 0.6 is 0 Å². The van der Waals surface area contributed by atoms with E-state index < -0.39 is 0 Å². The smallest absolute Gasteiger partial charge is 0.201 e. The summed E-state index contributed by atoms with van der Waals surface area (Å²) in [5.74, 6) is 0.499. The first-order valence-electron chi connectivity index (χ1n) is 5.43. The minimum absolute atomic E-state index is 0.499. The van der Waals surface area contributed by atoms with Crippen molar-refractivity contribution in [3.05, 3.63) is 23.5 Å². The van der Waals surface area contributed by atoms with Gasteiger partial charge in [-0.3, -0.25) is 4.98 Å². The largest absolute Gasteiger partial charge is 0.369 e. The lowest BCUT2D eigenvalue weighted by atomic mass is 10.1. The summed E-state index contributed by atoms with van der Waals surface area (Å²) < 4.78 is 1.88. The predicted octanol–water partition coefficient (Wildman–Crippen LogP) is 1.72. The zero-order valence-electron chi connectivity index (χ0n) is 10.0. The Morgan fingerprint density at radius 3 is 2.82 bits per heavy atom. The van der Waals surface area contributed by atoms with Crippen molar-refractivity contribution >= 4 is 28.0 Å². The number of hydrogen-bond donors (Lipinski definition) is 1. The van der Waals surface area contributed by atoms with Crippen LogP contribution < -0.4 is 5.73 Å². The molecule has 0 fully saturated rings. The SMILES string of the molecule is Cc1cnc2cc(C)c3c(n[14c](N)n3C)c2n1. The molecule has 0 aliphatic rings. The third kappa shape index (κ3) is 1.28. The number of imidazole rings is 1. The molecule has 2 heterocycles. The average molecular weight is 229 g/mol. The van der Waals surface area contributed by atoms with E-state index in [4.69, 9.17) is 5.73 Å². The van der Waals surface area contributed by atoms with Crippen LogP contribution in [0.15, 0.2) is 12.3 Å². The number of nitrogens with two attached hydrogens (primary N) is 1. The van der Waals surface area contributed by atoms with Gasteiger partial charge in [-0.1, -0.05) is 0 Å². The van der Waals surface area contributed by atoms with Crippen LogP contribution in [0, 0.1) is 13.8 Å². The Morgan fingerprint density at radius 1 is 1.29 bits per heavy atom. The maximum Gasteiger partial charge on any atom is 0.201 e. The van der Waals surface area contributed by atoms with E-state index in [0.29, 0.717) is 5.95 Å². The molecule has 0 bridgehead atoms. The van der Waals surface area contributed by atoms with Crippen molar-refractivity contribution in [2.75, 3.05) is 5.73 Å². The number of nitrogen functional groups attached to an aromatic ring is 1. The van der Waals surface area contributed by atoms with Crippen LogP contribution in [0.2, 0.25) is 0 Å². The minimum atomic E-state index is 0.499. The molecule has 0 spiro atoms. The molecule has 0 radical (unpaired) electrons. The van der Waals surface area contributed by atoms with Crippen molar-refractivity contribution in [2.45, 2.75) is 13.8 Å². The maximum atomic E-state index is 5.85. The van der Waals surface area contributed by atoms with Gasteiger partial charge in [0.1, 0.15) is 11.0 Å². The first-order chi connectivity index (χ1) is 8.08. The van der Waals surface area contributed by atoms with Crippen LogP contribution in [0.25, 0.3) is 22.1 Å². The monoisotopic (exact) mass is 229 g/mol. The molecular formula is C12H13N5. The lowest BCUT2D eigenvalue weighted by molar-refractivity contribution is 0.961. The zero-order chi connectivity index (χ0) is 12.2. The Morgan fingerprint density at radius 2 is 2.06 bits per heavy atom. The van der Waals surface area contributed by atoms with E-state index in [1.54, 1.807) is 6.20 Å². The van der Waals surface area contributed by atoms with E-state index in [0.717, 1.165) is 33.3 Å². The van der Waals surface area contributed by atoms with Crippen molar-refractivity contribution in [3.63, 3.8) is 0 Å². The molecule has 0 aliphatic carbocycles. The third-order valence-electron chi connectivity index (χ3n) is 3.00. The molecule has 0 saturated heterocycles. The first kappa shape index (κ1) is 10.0. The van der Waals surface area contributed by atoms with Crippen molar-refractivity contribution in [1.82, 2.24) is 19.5 Å². The van der Waals surface area contributed by atoms with Crippen LogP contribution in [-0.4, -0.2) is 19.5 Å². The fourth-order valence-electron chi connectivity index (χ4n) is 2.17. The quantitative estimate of drug-likeness (QED) is 0.637. The highest BCUT2D eigenvalue weighted by atomic mass is 15.7. The molecule has 1 aromatic carbocycles. The van der Waals surface area contributed by atoms with E-state index in [2.05, 4.69) is 15.0 Å². The Bertz CT molecular complexity index is 742. The number of fused-ring (bicyclic) bond motifs is 3. The average Bonchev–Trinajstić information content (AvgIpc) is 2.58. The molecule has 2 aromatic heterocycles. The Balaban J connectivity index is 2.62. The molecule has 5 nitrogen and oxygen atoms in total. The summed E-state index contributed by atoms with van der Waals surface area (Å²) in [6, 6.07) is 2.02. The molecule has 0 aliphatic heterocycles. The van der Waals surface area contributed by atoms with E-state index in [-0.39, 0.29) is 0 Å². The number of benzene rings is 1. The van der Waals surface area contributed by atoms with Crippen molar-refractivity contribution in [2.24, 2.45) is 7.05 Å². The van der Waals surface area contributed by atoms with Crippen LogP contribution in [-0.2, 0) is 7.05 Å². The summed E-state index contributed by atoms with van der Waals surface area (Å²) in [5, 5.41) is 0. The second-order valence-corrected chi connectivity index (χ2v) is 4.30. The van der Waals surface area contributed by atoms with E-state index in [1.807, 2.05) is 31.5 Å². The first-order valence-corrected chi connectivity index (χ1v) is 5.43. The number of rotatable bonds is 0. The molecule has 0 unspecified atom stereocenters. The van der Waals surface area contributed by atoms with Gasteiger partial charge in [0, 0.05) is 13.2 Å². The number of aromatic nitrogens is 4. The van der Waals surface area contributed by atoms with Crippen LogP contribution in [0.1, 0.15) is 11.3 Å². The molecule has 0 saturated carbocycles. The summed E-state index contributed by atoms with van der Waals surface area (Å²) in [5.41, 5.74) is 11.4. The van der Waals surface area contributed by atoms with Gasteiger partial charge < -0.3 is 10.3 Å².